The van der Waals surface area contributed by atoms with Crippen LogP contribution in [0.1, 0.15) is 5.56 Å². The minimum atomic E-state index is -0.390. The Balaban J connectivity index is 2.08. The van der Waals surface area contributed by atoms with Gasteiger partial charge in [0.1, 0.15) is 5.82 Å². The minimum Gasteiger partial charge on any atom is -0.494 e. The summed E-state index contributed by atoms with van der Waals surface area (Å²) in [6, 6.07) is 6.54. The van der Waals surface area contributed by atoms with Crippen molar-refractivity contribution in [2.75, 3.05) is 18.2 Å². The summed E-state index contributed by atoms with van der Waals surface area (Å²) < 4.78 is 19.2. The van der Waals surface area contributed by atoms with Gasteiger partial charge >= 0.3 is 0 Å². The lowest BCUT2D eigenvalue weighted by Gasteiger charge is -2.09. The third-order valence-electron chi connectivity index (χ3n) is 2.56. The number of halogens is 2. The molecule has 0 fully saturated rings. The number of nitrogen functional groups attached to an aromatic ring is 1. The van der Waals surface area contributed by atoms with E-state index in [0.29, 0.717) is 18.1 Å². The molecule has 2 aromatic rings. The van der Waals surface area contributed by atoms with Gasteiger partial charge in [-0.15, -0.1) is 0 Å². The number of methoxy groups -OCH3 is 1. The number of aromatic nitrogens is 1. The van der Waals surface area contributed by atoms with Gasteiger partial charge in [0.15, 0.2) is 11.6 Å². The fraction of sp³-hybridized carbons (Fsp3) is 0.154. The van der Waals surface area contributed by atoms with E-state index in [2.05, 4.69) is 26.2 Å². The molecule has 0 aliphatic rings. The summed E-state index contributed by atoms with van der Waals surface area (Å²) in [6.45, 7) is 0.430. The second-order valence-electron chi connectivity index (χ2n) is 3.91. The zero-order chi connectivity index (χ0) is 13.8. The highest BCUT2D eigenvalue weighted by Crippen LogP contribution is 2.22. The molecule has 1 aromatic heterocycles. The Bertz CT molecular complexity index is 592. The van der Waals surface area contributed by atoms with E-state index >= 15 is 0 Å². The largest absolute Gasteiger partial charge is 0.494 e. The summed E-state index contributed by atoms with van der Waals surface area (Å²) in [6.07, 6.45) is 1.65. The number of benzene rings is 1. The number of ether oxygens (including phenoxy) is 1. The van der Waals surface area contributed by atoms with Crippen molar-refractivity contribution in [3.63, 3.8) is 0 Å². The van der Waals surface area contributed by atoms with Crippen molar-refractivity contribution in [2.45, 2.75) is 6.54 Å². The first kappa shape index (κ1) is 13.6. The van der Waals surface area contributed by atoms with E-state index in [1.165, 1.54) is 13.2 Å². The van der Waals surface area contributed by atoms with Crippen LogP contribution in [0.25, 0.3) is 0 Å². The fourth-order valence-electron chi connectivity index (χ4n) is 1.61. The number of pyridine rings is 1. The van der Waals surface area contributed by atoms with Crippen LogP contribution in [0.2, 0.25) is 0 Å². The Morgan fingerprint density at radius 3 is 2.84 bits per heavy atom. The molecular weight excluding hydrogens is 313 g/mol. The molecule has 0 saturated carbocycles. The molecular formula is C13H13BrFN3O. The second kappa shape index (κ2) is 5.88. The number of rotatable bonds is 4. The average Bonchev–Trinajstić information content (AvgIpc) is 2.38. The molecule has 0 aliphatic carbocycles. The Morgan fingerprint density at radius 1 is 1.42 bits per heavy atom. The van der Waals surface area contributed by atoms with Gasteiger partial charge < -0.3 is 15.8 Å². The fourth-order valence-corrected chi connectivity index (χ4v) is 1.96. The summed E-state index contributed by atoms with van der Waals surface area (Å²) in [4.78, 5) is 4.15. The van der Waals surface area contributed by atoms with Gasteiger partial charge in [-0.3, -0.25) is 0 Å². The standard InChI is InChI=1S/C13H13BrFN3O/c1-19-12-3-2-8(4-10(12)15)6-17-13-11(16)5-9(14)7-18-13/h2-5,7H,6,16H2,1H3,(H,17,18). The number of nitrogens with two attached hydrogens (primary N) is 1. The van der Waals surface area contributed by atoms with Gasteiger partial charge in [-0.1, -0.05) is 6.07 Å². The predicted octanol–water partition coefficient (Wildman–Crippen LogP) is 3.19. The summed E-state index contributed by atoms with van der Waals surface area (Å²) >= 11 is 3.28. The molecule has 3 N–H and O–H groups in total. The Hall–Kier alpha value is -1.82. The third kappa shape index (κ3) is 3.35. The van der Waals surface area contributed by atoms with E-state index in [1.807, 2.05) is 0 Å². The monoisotopic (exact) mass is 325 g/mol. The first-order valence-electron chi connectivity index (χ1n) is 5.57. The predicted molar refractivity (Wildman–Crippen MR) is 76.6 cm³/mol. The Morgan fingerprint density at radius 2 is 2.21 bits per heavy atom. The van der Waals surface area contributed by atoms with Gasteiger partial charge in [0.25, 0.3) is 0 Å². The summed E-state index contributed by atoms with van der Waals surface area (Å²) in [7, 11) is 1.43. The van der Waals surface area contributed by atoms with Crippen LogP contribution in [0.15, 0.2) is 34.9 Å². The molecule has 0 amide bonds. The normalized spacial score (nSPS) is 10.3. The van der Waals surface area contributed by atoms with Gasteiger partial charge in [0.2, 0.25) is 0 Å². The molecule has 100 valence electrons. The van der Waals surface area contributed by atoms with Crippen molar-refractivity contribution in [1.29, 1.82) is 0 Å². The number of hydrogen-bond donors (Lipinski definition) is 2. The van der Waals surface area contributed by atoms with Crippen molar-refractivity contribution in [3.8, 4) is 5.75 Å². The number of nitrogens with zero attached hydrogens (tertiary/aromatic N) is 1. The highest BCUT2D eigenvalue weighted by Gasteiger charge is 2.05. The molecule has 0 bridgehead atoms. The average molecular weight is 326 g/mol. The lowest BCUT2D eigenvalue weighted by atomic mass is 10.2. The van der Waals surface area contributed by atoms with Crippen molar-refractivity contribution < 1.29 is 9.13 Å². The van der Waals surface area contributed by atoms with E-state index in [-0.39, 0.29) is 5.75 Å². The van der Waals surface area contributed by atoms with E-state index in [1.54, 1.807) is 24.4 Å². The van der Waals surface area contributed by atoms with Gasteiger partial charge in [-0.05, 0) is 39.7 Å². The molecule has 0 spiro atoms. The van der Waals surface area contributed by atoms with Crippen LogP contribution < -0.4 is 15.8 Å². The molecule has 0 radical (unpaired) electrons. The van der Waals surface area contributed by atoms with Gasteiger partial charge in [-0.2, -0.15) is 0 Å². The molecule has 4 nitrogen and oxygen atoms in total. The molecule has 1 heterocycles. The topological polar surface area (TPSA) is 60.2 Å². The third-order valence-corrected chi connectivity index (χ3v) is 2.99. The van der Waals surface area contributed by atoms with Crippen molar-refractivity contribution in [2.24, 2.45) is 0 Å². The van der Waals surface area contributed by atoms with Crippen LogP contribution in [0.3, 0.4) is 0 Å². The first-order chi connectivity index (χ1) is 9.10. The SMILES string of the molecule is COc1ccc(CNc2ncc(Br)cc2N)cc1F. The summed E-state index contributed by atoms with van der Waals surface area (Å²) in [5, 5.41) is 3.06. The van der Waals surface area contributed by atoms with Crippen LogP contribution >= 0.6 is 15.9 Å². The van der Waals surface area contributed by atoms with E-state index in [0.717, 1.165) is 10.0 Å². The lowest BCUT2D eigenvalue weighted by Crippen LogP contribution is -2.05. The molecule has 0 atom stereocenters. The smallest absolute Gasteiger partial charge is 0.165 e. The molecule has 0 aliphatic heterocycles. The molecule has 0 saturated heterocycles. The second-order valence-corrected chi connectivity index (χ2v) is 4.83. The maximum absolute atomic E-state index is 13.5. The highest BCUT2D eigenvalue weighted by molar-refractivity contribution is 9.10. The molecule has 1 aromatic carbocycles. The highest BCUT2D eigenvalue weighted by atomic mass is 79.9. The van der Waals surface area contributed by atoms with Gasteiger partial charge in [-0.25, -0.2) is 9.37 Å². The first-order valence-corrected chi connectivity index (χ1v) is 6.36. The zero-order valence-corrected chi connectivity index (χ0v) is 11.9. The van der Waals surface area contributed by atoms with Crippen molar-refractivity contribution >= 4 is 27.4 Å². The quantitative estimate of drug-likeness (QED) is 0.906. The maximum atomic E-state index is 13.5. The number of nitrogens with one attached hydrogen (secondary N) is 1. The number of anilines is 2. The summed E-state index contributed by atoms with van der Waals surface area (Å²) in [5.74, 6) is 0.406. The summed E-state index contributed by atoms with van der Waals surface area (Å²) in [5.41, 5.74) is 7.12. The molecule has 6 heteroatoms. The van der Waals surface area contributed by atoms with Crippen molar-refractivity contribution in [1.82, 2.24) is 4.98 Å². The van der Waals surface area contributed by atoms with E-state index in [9.17, 15) is 4.39 Å². The zero-order valence-electron chi connectivity index (χ0n) is 10.3. The van der Waals surface area contributed by atoms with Crippen molar-refractivity contribution in [3.05, 3.63) is 46.3 Å². The maximum Gasteiger partial charge on any atom is 0.165 e. The molecule has 19 heavy (non-hydrogen) atoms. The van der Waals surface area contributed by atoms with Gasteiger partial charge in [0, 0.05) is 17.2 Å². The minimum absolute atomic E-state index is 0.227. The van der Waals surface area contributed by atoms with Crippen LogP contribution in [0.4, 0.5) is 15.9 Å². The van der Waals surface area contributed by atoms with Crippen LogP contribution in [-0.2, 0) is 6.54 Å². The lowest BCUT2D eigenvalue weighted by molar-refractivity contribution is 0.386. The molecule has 2 rings (SSSR count). The Labute approximate surface area is 118 Å². The van der Waals surface area contributed by atoms with Gasteiger partial charge in [0.05, 0.1) is 12.8 Å². The molecule has 0 unspecified atom stereocenters. The van der Waals surface area contributed by atoms with E-state index in [4.69, 9.17) is 10.5 Å². The van der Waals surface area contributed by atoms with E-state index < -0.39 is 5.82 Å². The number of hydrogen-bond acceptors (Lipinski definition) is 4. The van der Waals surface area contributed by atoms with Crippen LogP contribution in [0, 0.1) is 5.82 Å². The van der Waals surface area contributed by atoms with Crippen LogP contribution in [-0.4, -0.2) is 12.1 Å². The Kier molecular flexibility index (Phi) is 4.21. The van der Waals surface area contributed by atoms with Crippen LogP contribution in [0.5, 0.6) is 5.75 Å².